The number of hydrogen-bond donors (Lipinski definition) is 0. The topological polar surface area (TPSA) is 44.8 Å². The first-order valence-electron chi connectivity index (χ1n) is 6.28. The smallest absolute Gasteiger partial charge is 0.430 e. The number of fused-ring (bicyclic) bond motifs is 1. The van der Waals surface area contributed by atoms with Crippen LogP contribution in [0.3, 0.4) is 0 Å². The zero-order valence-electron chi connectivity index (χ0n) is 9.39. The predicted molar refractivity (Wildman–Crippen MR) is 56.0 cm³/mol. The van der Waals surface area contributed by atoms with Crippen LogP contribution in [-0.4, -0.2) is 31.6 Å². The summed E-state index contributed by atoms with van der Waals surface area (Å²) < 4.78 is 15.6. The molecule has 0 aromatic rings. The third-order valence-corrected chi connectivity index (χ3v) is 3.91. The van der Waals surface area contributed by atoms with Gasteiger partial charge in [-0.1, -0.05) is 19.3 Å². The highest BCUT2D eigenvalue weighted by molar-refractivity contribution is 5.61. The van der Waals surface area contributed by atoms with Crippen molar-refractivity contribution in [3.8, 4) is 0 Å². The van der Waals surface area contributed by atoms with Crippen molar-refractivity contribution in [2.45, 2.75) is 44.3 Å². The van der Waals surface area contributed by atoms with Crippen LogP contribution in [-0.2, 0) is 14.2 Å². The zero-order chi connectivity index (χ0) is 11.0. The Morgan fingerprint density at radius 1 is 1.31 bits per heavy atom. The minimum absolute atomic E-state index is 0.187. The van der Waals surface area contributed by atoms with E-state index in [0.29, 0.717) is 19.3 Å². The van der Waals surface area contributed by atoms with Crippen LogP contribution in [0.5, 0.6) is 0 Å². The molecule has 3 unspecified atom stereocenters. The van der Waals surface area contributed by atoms with Crippen LogP contribution in [0, 0.1) is 11.8 Å². The summed E-state index contributed by atoms with van der Waals surface area (Å²) in [5, 5.41) is 0. The van der Waals surface area contributed by atoms with Crippen molar-refractivity contribution in [2.75, 3.05) is 13.2 Å². The Balaban J connectivity index is 1.45. The van der Waals surface area contributed by atoms with Gasteiger partial charge in [-0.2, -0.15) is 0 Å². The molecule has 4 atom stereocenters. The zero-order valence-corrected chi connectivity index (χ0v) is 9.39. The number of rotatable bonds is 3. The van der Waals surface area contributed by atoms with Gasteiger partial charge in [-0.15, -0.1) is 0 Å². The van der Waals surface area contributed by atoms with E-state index in [0.717, 1.165) is 11.8 Å². The van der Waals surface area contributed by atoms with Gasteiger partial charge in [-0.05, 0) is 24.7 Å². The van der Waals surface area contributed by atoms with Crippen molar-refractivity contribution >= 4 is 6.16 Å². The van der Waals surface area contributed by atoms with E-state index in [4.69, 9.17) is 14.2 Å². The van der Waals surface area contributed by atoms with Crippen molar-refractivity contribution in [3.63, 3.8) is 0 Å². The maximum Gasteiger partial charge on any atom is 0.508 e. The Labute approximate surface area is 95.2 Å². The number of carbonyl (C=O) groups excluding carboxylic acids is 1. The minimum atomic E-state index is -0.557. The van der Waals surface area contributed by atoms with Gasteiger partial charge in [0.25, 0.3) is 0 Å². The van der Waals surface area contributed by atoms with E-state index < -0.39 is 6.16 Å². The Hall–Kier alpha value is -0.770. The highest BCUT2D eigenvalue weighted by Crippen LogP contribution is 2.49. The van der Waals surface area contributed by atoms with Crippen LogP contribution in [0.15, 0.2) is 0 Å². The molecule has 3 aliphatic rings. The normalized spacial score (nSPS) is 41.9. The average Bonchev–Trinajstić information content (AvgIpc) is 2.94. The number of carbonyl (C=O) groups is 1. The molecule has 0 aromatic heterocycles. The molecule has 0 amide bonds. The monoisotopic (exact) mass is 226 g/mol. The molecule has 0 bridgehead atoms. The summed E-state index contributed by atoms with van der Waals surface area (Å²) in [5.41, 5.74) is 0. The van der Waals surface area contributed by atoms with Gasteiger partial charge in [0.1, 0.15) is 6.61 Å². The summed E-state index contributed by atoms with van der Waals surface area (Å²) in [6.45, 7) is 0.847. The molecule has 2 saturated carbocycles. The van der Waals surface area contributed by atoms with Gasteiger partial charge in [0, 0.05) is 0 Å². The summed E-state index contributed by atoms with van der Waals surface area (Å²) >= 11 is 0. The molecule has 1 aliphatic heterocycles. The second kappa shape index (κ2) is 4.24. The second-order valence-corrected chi connectivity index (χ2v) is 5.12. The van der Waals surface area contributed by atoms with E-state index in [-0.39, 0.29) is 6.10 Å². The van der Waals surface area contributed by atoms with Crippen LogP contribution >= 0.6 is 0 Å². The number of cyclic esters (lactones) is 2. The average molecular weight is 226 g/mol. The lowest BCUT2D eigenvalue weighted by Gasteiger charge is -2.17. The van der Waals surface area contributed by atoms with Crippen molar-refractivity contribution < 1.29 is 19.0 Å². The molecule has 3 fully saturated rings. The third kappa shape index (κ3) is 2.17. The van der Waals surface area contributed by atoms with Gasteiger partial charge in [-0.3, -0.25) is 0 Å². The van der Waals surface area contributed by atoms with Crippen LogP contribution < -0.4 is 0 Å². The highest BCUT2D eigenvalue weighted by atomic mass is 16.8. The van der Waals surface area contributed by atoms with E-state index in [1.54, 1.807) is 0 Å². The molecule has 1 heterocycles. The summed E-state index contributed by atoms with van der Waals surface area (Å²) in [6.07, 6.45) is 6.17. The molecular formula is C12H18O4. The Kier molecular flexibility index (Phi) is 2.75. The summed E-state index contributed by atoms with van der Waals surface area (Å²) in [5.74, 6) is 1.69. The Bertz CT molecular complexity index is 278. The maximum absolute atomic E-state index is 10.7. The fourth-order valence-electron chi connectivity index (χ4n) is 2.91. The molecule has 4 nitrogen and oxygen atoms in total. The molecule has 0 radical (unpaired) electrons. The standard InChI is InChI=1S/C12H18O4/c13-12-15-7-9(16-12)6-14-11-4-2-1-3-8-5-10(8)11/h8-11H,1-7H2/t8?,9?,10?,11-/m1/s1. The third-order valence-electron chi connectivity index (χ3n) is 3.91. The van der Waals surface area contributed by atoms with E-state index in [2.05, 4.69) is 0 Å². The highest BCUT2D eigenvalue weighted by Gasteiger charge is 2.44. The van der Waals surface area contributed by atoms with Crippen molar-refractivity contribution in [1.29, 1.82) is 0 Å². The molecule has 4 heteroatoms. The van der Waals surface area contributed by atoms with Gasteiger partial charge in [-0.25, -0.2) is 4.79 Å². The summed E-state index contributed by atoms with van der Waals surface area (Å²) in [6, 6.07) is 0. The number of ether oxygens (including phenoxy) is 3. The van der Waals surface area contributed by atoms with E-state index in [1.165, 1.54) is 32.1 Å². The summed E-state index contributed by atoms with van der Waals surface area (Å²) in [4.78, 5) is 10.7. The SMILES string of the molecule is O=C1OCC(CO[C@@H]2CCCCC3CC32)O1. The first-order valence-corrected chi connectivity index (χ1v) is 6.28. The van der Waals surface area contributed by atoms with Gasteiger partial charge in [0.05, 0.1) is 12.7 Å². The Morgan fingerprint density at radius 3 is 3.00 bits per heavy atom. The fraction of sp³-hybridized carbons (Fsp3) is 0.917. The van der Waals surface area contributed by atoms with Crippen molar-refractivity contribution in [1.82, 2.24) is 0 Å². The number of hydrogen-bond acceptors (Lipinski definition) is 4. The van der Waals surface area contributed by atoms with Gasteiger partial charge in [0.2, 0.25) is 0 Å². The van der Waals surface area contributed by atoms with Crippen LogP contribution in [0.2, 0.25) is 0 Å². The largest absolute Gasteiger partial charge is 0.508 e. The molecular weight excluding hydrogens is 208 g/mol. The van der Waals surface area contributed by atoms with Gasteiger partial charge >= 0.3 is 6.16 Å². The lowest BCUT2D eigenvalue weighted by molar-refractivity contribution is -0.0147. The molecule has 3 rings (SSSR count). The Morgan fingerprint density at radius 2 is 2.19 bits per heavy atom. The fourth-order valence-corrected chi connectivity index (χ4v) is 2.91. The molecule has 0 aromatic carbocycles. The van der Waals surface area contributed by atoms with E-state index in [9.17, 15) is 4.79 Å². The first-order chi connectivity index (χ1) is 7.83. The molecule has 1 saturated heterocycles. The van der Waals surface area contributed by atoms with Crippen molar-refractivity contribution in [3.05, 3.63) is 0 Å². The maximum atomic E-state index is 10.7. The van der Waals surface area contributed by atoms with E-state index >= 15 is 0 Å². The minimum Gasteiger partial charge on any atom is -0.430 e. The van der Waals surface area contributed by atoms with Crippen LogP contribution in [0.4, 0.5) is 4.79 Å². The molecule has 90 valence electrons. The molecule has 0 spiro atoms. The van der Waals surface area contributed by atoms with Crippen LogP contribution in [0.25, 0.3) is 0 Å². The predicted octanol–water partition coefficient (Wildman–Crippen LogP) is 2.12. The lowest BCUT2D eigenvalue weighted by atomic mass is 10.1. The van der Waals surface area contributed by atoms with Gasteiger partial charge < -0.3 is 14.2 Å². The molecule has 0 N–H and O–H groups in total. The van der Waals surface area contributed by atoms with Crippen LogP contribution in [0.1, 0.15) is 32.1 Å². The molecule has 2 aliphatic carbocycles. The quantitative estimate of drug-likeness (QED) is 0.691. The van der Waals surface area contributed by atoms with E-state index in [1.807, 2.05) is 0 Å². The molecule has 16 heavy (non-hydrogen) atoms. The first kappa shape index (κ1) is 10.4. The second-order valence-electron chi connectivity index (χ2n) is 5.12. The lowest BCUT2D eigenvalue weighted by Crippen LogP contribution is -2.24. The summed E-state index contributed by atoms with van der Waals surface area (Å²) in [7, 11) is 0. The van der Waals surface area contributed by atoms with Crippen molar-refractivity contribution in [2.24, 2.45) is 11.8 Å². The van der Waals surface area contributed by atoms with Gasteiger partial charge in [0.15, 0.2) is 6.10 Å².